The van der Waals surface area contributed by atoms with Crippen molar-refractivity contribution in [1.29, 1.82) is 0 Å². The Balaban J connectivity index is 2.66. The summed E-state index contributed by atoms with van der Waals surface area (Å²) in [5.41, 5.74) is 0. The van der Waals surface area contributed by atoms with E-state index >= 15 is 0 Å². The van der Waals surface area contributed by atoms with E-state index in [0.29, 0.717) is 18.9 Å². The topological polar surface area (TPSA) is 101 Å². The standard InChI is InChI=1S/C10H18N4O3S2/c1-4-8(15)12-9-13-14-10(18-9)19(16,17)11-6-5-7(2)3/h7,11H,4-6H2,1-3H3,(H,12,13,15). The first kappa shape index (κ1) is 16.0. The van der Waals surface area contributed by atoms with Crippen molar-refractivity contribution in [2.24, 2.45) is 5.92 Å². The van der Waals surface area contributed by atoms with Gasteiger partial charge in [0.2, 0.25) is 15.4 Å². The third-order valence-electron chi connectivity index (χ3n) is 2.22. The number of rotatable bonds is 7. The Labute approximate surface area is 116 Å². The number of hydrogen-bond acceptors (Lipinski definition) is 6. The van der Waals surface area contributed by atoms with Gasteiger partial charge in [0.1, 0.15) is 0 Å². The monoisotopic (exact) mass is 306 g/mol. The van der Waals surface area contributed by atoms with Crippen LogP contribution in [0.3, 0.4) is 0 Å². The molecule has 0 unspecified atom stereocenters. The molecular formula is C10H18N4O3S2. The van der Waals surface area contributed by atoms with Gasteiger partial charge in [-0.15, -0.1) is 10.2 Å². The summed E-state index contributed by atoms with van der Waals surface area (Å²) < 4.78 is 26.1. The Bertz CT molecular complexity index is 525. The van der Waals surface area contributed by atoms with Gasteiger partial charge in [-0.2, -0.15) is 0 Å². The van der Waals surface area contributed by atoms with Gasteiger partial charge in [0.15, 0.2) is 0 Å². The first-order valence-electron chi connectivity index (χ1n) is 5.98. The Morgan fingerprint density at radius 2 is 2.05 bits per heavy atom. The molecule has 0 radical (unpaired) electrons. The lowest BCUT2D eigenvalue weighted by Crippen LogP contribution is -2.25. The summed E-state index contributed by atoms with van der Waals surface area (Å²) in [6, 6.07) is 0. The molecule has 1 amide bonds. The molecule has 0 saturated heterocycles. The molecule has 1 aromatic rings. The summed E-state index contributed by atoms with van der Waals surface area (Å²) in [5.74, 6) is 0.185. The largest absolute Gasteiger partial charge is 0.301 e. The van der Waals surface area contributed by atoms with Crippen molar-refractivity contribution in [3.8, 4) is 0 Å². The first-order valence-corrected chi connectivity index (χ1v) is 8.28. The molecule has 0 fully saturated rings. The molecule has 7 nitrogen and oxygen atoms in total. The predicted octanol–water partition coefficient (Wildman–Crippen LogP) is 1.21. The quantitative estimate of drug-likeness (QED) is 0.737. The Morgan fingerprint density at radius 3 is 2.63 bits per heavy atom. The zero-order chi connectivity index (χ0) is 14.5. The number of nitrogens with one attached hydrogen (secondary N) is 2. The highest BCUT2D eigenvalue weighted by atomic mass is 32.2. The predicted molar refractivity (Wildman–Crippen MR) is 73.5 cm³/mol. The maximum atomic E-state index is 11.9. The molecule has 1 rings (SSSR count). The van der Waals surface area contributed by atoms with Gasteiger partial charge in [0.05, 0.1) is 0 Å². The van der Waals surface area contributed by atoms with E-state index in [1.54, 1.807) is 6.92 Å². The van der Waals surface area contributed by atoms with E-state index in [1.165, 1.54) is 0 Å². The second-order valence-corrected chi connectivity index (χ2v) is 7.27. The maximum Gasteiger partial charge on any atom is 0.269 e. The molecule has 0 saturated carbocycles. The number of amides is 1. The number of carbonyl (C=O) groups excluding carboxylic acids is 1. The molecule has 9 heteroatoms. The van der Waals surface area contributed by atoms with Gasteiger partial charge in [0.25, 0.3) is 10.0 Å². The van der Waals surface area contributed by atoms with Crippen molar-refractivity contribution < 1.29 is 13.2 Å². The molecule has 0 atom stereocenters. The average Bonchev–Trinajstić information content (AvgIpc) is 2.77. The van der Waals surface area contributed by atoms with Gasteiger partial charge in [-0.1, -0.05) is 32.1 Å². The summed E-state index contributed by atoms with van der Waals surface area (Å²) in [7, 11) is -3.63. The highest BCUT2D eigenvalue weighted by Crippen LogP contribution is 2.19. The Kier molecular flexibility index (Phi) is 5.83. The maximum absolute atomic E-state index is 11.9. The average molecular weight is 306 g/mol. The van der Waals surface area contributed by atoms with Crippen LogP contribution < -0.4 is 10.0 Å². The van der Waals surface area contributed by atoms with Crippen molar-refractivity contribution in [2.75, 3.05) is 11.9 Å². The van der Waals surface area contributed by atoms with Crippen LogP contribution in [0, 0.1) is 5.92 Å². The molecule has 1 heterocycles. The third kappa shape index (κ3) is 5.21. The van der Waals surface area contributed by atoms with Crippen LogP contribution in [0.1, 0.15) is 33.6 Å². The Morgan fingerprint density at radius 1 is 1.37 bits per heavy atom. The van der Waals surface area contributed by atoms with E-state index in [2.05, 4.69) is 20.2 Å². The fraction of sp³-hybridized carbons (Fsp3) is 0.700. The fourth-order valence-corrected chi connectivity index (χ4v) is 3.12. The third-order valence-corrected chi connectivity index (χ3v) is 4.88. The first-order chi connectivity index (χ1) is 8.85. The van der Waals surface area contributed by atoms with Crippen molar-refractivity contribution in [3.05, 3.63) is 0 Å². The molecule has 0 spiro atoms. The normalized spacial score (nSPS) is 11.8. The second kappa shape index (κ2) is 6.92. The summed E-state index contributed by atoms with van der Waals surface area (Å²) in [6.45, 7) is 6.08. The van der Waals surface area contributed by atoms with Crippen LogP contribution in [0.15, 0.2) is 4.34 Å². The Hall–Kier alpha value is -1.06. The molecule has 108 valence electrons. The molecular weight excluding hydrogens is 288 g/mol. The highest BCUT2D eigenvalue weighted by molar-refractivity contribution is 7.91. The number of sulfonamides is 1. The van der Waals surface area contributed by atoms with Crippen LogP contribution in [0.4, 0.5) is 5.13 Å². The van der Waals surface area contributed by atoms with Crippen molar-refractivity contribution in [1.82, 2.24) is 14.9 Å². The molecule has 0 aliphatic carbocycles. The van der Waals surface area contributed by atoms with Gasteiger partial charge in [-0.05, 0) is 12.3 Å². The van der Waals surface area contributed by atoms with Crippen LogP contribution in [0.2, 0.25) is 0 Å². The van der Waals surface area contributed by atoms with Crippen LogP contribution >= 0.6 is 11.3 Å². The number of nitrogens with zero attached hydrogens (tertiary/aromatic N) is 2. The van der Waals surface area contributed by atoms with Gasteiger partial charge >= 0.3 is 0 Å². The van der Waals surface area contributed by atoms with E-state index in [0.717, 1.165) is 17.8 Å². The molecule has 1 aromatic heterocycles. The van der Waals surface area contributed by atoms with E-state index in [4.69, 9.17) is 0 Å². The molecule has 0 aromatic carbocycles. The molecule has 0 aliphatic heterocycles. The van der Waals surface area contributed by atoms with Crippen molar-refractivity contribution in [3.63, 3.8) is 0 Å². The molecule has 19 heavy (non-hydrogen) atoms. The number of hydrogen-bond donors (Lipinski definition) is 2. The zero-order valence-corrected chi connectivity index (χ0v) is 12.8. The lowest BCUT2D eigenvalue weighted by Gasteiger charge is -2.05. The van der Waals surface area contributed by atoms with Crippen molar-refractivity contribution in [2.45, 2.75) is 38.0 Å². The van der Waals surface area contributed by atoms with Crippen LogP contribution in [0.25, 0.3) is 0 Å². The fourth-order valence-electron chi connectivity index (χ4n) is 1.12. The van der Waals surface area contributed by atoms with Crippen LogP contribution in [0.5, 0.6) is 0 Å². The number of anilines is 1. The van der Waals surface area contributed by atoms with Gasteiger partial charge in [-0.3, -0.25) is 4.79 Å². The minimum Gasteiger partial charge on any atom is -0.301 e. The number of carbonyl (C=O) groups is 1. The minimum absolute atomic E-state index is 0.136. The molecule has 2 N–H and O–H groups in total. The molecule has 0 aliphatic rings. The summed E-state index contributed by atoms with van der Waals surface area (Å²) in [6.07, 6.45) is 1.05. The summed E-state index contributed by atoms with van der Waals surface area (Å²) in [4.78, 5) is 11.1. The van der Waals surface area contributed by atoms with Crippen LogP contribution in [-0.4, -0.2) is 31.1 Å². The highest BCUT2D eigenvalue weighted by Gasteiger charge is 2.20. The van der Waals surface area contributed by atoms with Crippen LogP contribution in [-0.2, 0) is 14.8 Å². The molecule has 0 bridgehead atoms. The van der Waals surface area contributed by atoms with E-state index in [1.807, 2.05) is 13.8 Å². The minimum atomic E-state index is -3.63. The SMILES string of the molecule is CCC(=O)Nc1nnc(S(=O)(=O)NCCC(C)C)s1. The van der Waals surface area contributed by atoms with Gasteiger partial charge in [-0.25, -0.2) is 13.1 Å². The summed E-state index contributed by atoms with van der Waals surface area (Å²) >= 11 is 0.838. The second-order valence-electron chi connectivity index (χ2n) is 4.36. The van der Waals surface area contributed by atoms with Crippen molar-refractivity contribution >= 4 is 32.4 Å². The van der Waals surface area contributed by atoms with E-state index < -0.39 is 10.0 Å². The smallest absolute Gasteiger partial charge is 0.269 e. The lowest BCUT2D eigenvalue weighted by atomic mass is 10.1. The van der Waals surface area contributed by atoms with Gasteiger partial charge in [0, 0.05) is 13.0 Å². The lowest BCUT2D eigenvalue weighted by molar-refractivity contribution is -0.115. The zero-order valence-electron chi connectivity index (χ0n) is 11.1. The van der Waals surface area contributed by atoms with Gasteiger partial charge < -0.3 is 5.32 Å². The van der Waals surface area contributed by atoms with E-state index in [9.17, 15) is 13.2 Å². The number of aromatic nitrogens is 2. The van der Waals surface area contributed by atoms with E-state index in [-0.39, 0.29) is 15.4 Å². The summed E-state index contributed by atoms with van der Waals surface area (Å²) in [5, 5.41) is 9.87.